The molecule has 0 saturated carbocycles. The van der Waals surface area contributed by atoms with E-state index < -0.39 is 11.6 Å². The van der Waals surface area contributed by atoms with Crippen LogP contribution in [0.25, 0.3) is 0 Å². The molecule has 7 heteroatoms. The van der Waals surface area contributed by atoms with Gasteiger partial charge in [0, 0.05) is 30.8 Å². The van der Waals surface area contributed by atoms with Gasteiger partial charge < -0.3 is 24.8 Å². The molecule has 2 rings (SSSR count). The van der Waals surface area contributed by atoms with Crippen molar-refractivity contribution < 1.29 is 23.8 Å². The van der Waals surface area contributed by atoms with Crippen molar-refractivity contribution in [1.82, 2.24) is 4.90 Å². The minimum absolute atomic E-state index is 0.223. The minimum atomic E-state index is -0.496. The maximum Gasteiger partial charge on any atom is 0.410 e. The Bertz CT molecular complexity index is 618. The number of carbonyl (C=O) groups is 2. The van der Waals surface area contributed by atoms with E-state index in [1.165, 1.54) is 13.2 Å². The number of esters is 1. The fraction of sp³-hybridized carbons (Fsp3) is 0.529. The fourth-order valence-corrected chi connectivity index (χ4v) is 2.31. The standard InChI is InChI=1S/C17H24N2O5/c1-17(2,3)24-16(21)19-8-11(9-19)10-23-14-6-12(15(20)22-4)5-13(18)7-14/h5-7,11H,8-10,18H2,1-4H3. The number of likely N-dealkylation sites (tertiary alicyclic amines) is 1. The maximum atomic E-state index is 11.9. The van der Waals surface area contributed by atoms with Crippen LogP contribution in [-0.4, -0.2) is 49.4 Å². The lowest BCUT2D eigenvalue weighted by Crippen LogP contribution is -2.53. The summed E-state index contributed by atoms with van der Waals surface area (Å²) in [6.07, 6.45) is -0.310. The van der Waals surface area contributed by atoms with Gasteiger partial charge in [0.15, 0.2) is 0 Å². The van der Waals surface area contributed by atoms with Gasteiger partial charge in [-0.2, -0.15) is 0 Å². The van der Waals surface area contributed by atoms with Gasteiger partial charge in [0.2, 0.25) is 0 Å². The first kappa shape index (κ1) is 17.9. The molecule has 1 aliphatic heterocycles. The summed E-state index contributed by atoms with van der Waals surface area (Å²) in [5.74, 6) is 0.263. The van der Waals surface area contributed by atoms with Crippen LogP contribution < -0.4 is 10.5 Å². The van der Waals surface area contributed by atoms with Gasteiger partial charge >= 0.3 is 12.1 Å². The van der Waals surface area contributed by atoms with Gasteiger partial charge in [-0.1, -0.05) is 0 Å². The SMILES string of the molecule is COC(=O)c1cc(N)cc(OCC2CN(C(=O)OC(C)(C)C)C2)c1. The molecule has 0 spiro atoms. The van der Waals surface area contributed by atoms with Gasteiger partial charge in [0.25, 0.3) is 0 Å². The van der Waals surface area contributed by atoms with Crippen molar-refractivity contribution in [1.29, 1.82) is 0 Å². The Morgan fingerprint density at radius 1 is 1.25 bits per heavy atom. The second-order valence-corrected chi connectivity index (χ2v) is 6.84. The van der Waals surface area contributed by atoms with Crippen molar-refractivity contribution in [2.45, 2.75) is 26.4 Å². The Morgan fingerprint density at radius 2 is 1.92 bits per heavy atom. The summed E-state index contributed by atoms with van der Waals surface area (Å²) in [4.78, 5) is 25.1. The van der Waals surface area contributed by atoms with Crippen LogP contribution in [-0.2, 0) is 9.47 Å². The van der Waals surface area contributed by atoms with Crippen molar-refractivity contribution in [2.24, 2.45) is 5.92 Å². The molecule has 24 heavy (non-hydrogen) atoms. The Hall–Kier alpha value is -2.44. The lowest BCUT2D eigenvalue weighted by atomic mass is 10.0. The number of nitrogens with two attached hydrogens (primary N) is 1. The van der Waals surface area contributed by atoms with Crippen LogP contribution >= 0.6 is 0 Å². The van der Waals surface area contributed by atoms with Crippen molar-refractivity contribution in [3.05, 3.63) is 23.8 Å². The van der Waals surface area contributed by atoms with Crippen LogP contribution in [0.15, 0.2) is 18.2 Å². The molecule has 1 aromatic carbocycles. The van der Waals surface area contributed by atoms with Crippen molar-refractivity contribution >= 4 is 17.7 Å². The molecule has 7 nitrogen and oxygen atoms in total. The number of amides is 1. The quantitative estimate of drug-likeness (QED) is 0.670. The summed E-state index contributed by atoms with van der Waals surface area (Å²) in [5, 5.41) is 0. The number of nitrogens with zero attached hydrogens (tertiary/aromatic N) is 1. The van der Waals surface area contributed by atoms with E-state index in [0.29, 0.717) is 36.7 Å². The predicted octanol–water partition coefficient (Wildman–Crippen LogP) is 2.30. The molecule has 0 atom stereocenters. The Balaban J connectivity index is 1.83. The Kier molecular flexibility index (Phi) is 5.21. The number of hydrogen-bond donors (Lipinski definition) is 1. The number of carbonyl (C=O) groups excluding carboxylic acids is 2. The Labute approximate surface area is 141 Å². The number of ether oxygens (including phenoxy) is 3. The molecular weight excluding hydrogens is 312 g/mol. The summed E-state index contributed by atoms with van der Waals surface area (Å²) >= 11 is 0. The number of anilines is 1. The highest BCUT2D eigenvalue weighted by atomic mass is 16.6. The van der Waals surface area contributed by atoms with Crippen molar-refractivity contribution in [3.63, 3.8) is 0 Å². The summed E-state index contributed by atoms with van der Waals surface area (Å²) in [6.45, 7) is 7.11. The largest absolute Gasteiger partial charge is 0.493 e. The highest BCUT2D eigenvalue weighted by Gasteiger charge is 2.34. The predicted molar refractivity (Wildman–Crippen MR) is 89.0 cm³/mol. The molecule has 1 aliphatic rings. The molecule has 2 N–H and O–H groups in total. The van der Waals surface area contributed by atoms with Crippen LogP contribution in [0.4, 0.5) is 10.5 Å². The highest BCUT2D eigenvalue weighted by Crippen LogP contribution is 2.23. The monoisotopic (exact) mass is 336 g/mol. The number of benzene rings is 1. The maximum absolute atomic E-state index is 11.9. The van der Waals surface area contributed by atoms with E-state index >= 15 is 0 Å². The molecule has 132 valence electrons. The molecule has 1 aromatic rings. The van der Waals surface area contributed by atoms with Gasteiger partial charge in [0.1, 0.15) is 11.4 Å². The zero-order valence-corrected chi connectivity index (χ0v) is 14.5. The van der Waals surface area contributed by atoms with E-state index in [1.807, 2.05) is 20.8 Å². The molecule has 0 aromatic heterocycles. The molecule has 1 saturated heterocycles. The number of nitrogen functional groups attached to an aromatic ring is 1. The zero-order chi connectivity index (χ0) is 17.9. The molecule has 1 fully saturated rings. The zero-order valence-electron chi connectivity index (χ0n) is 14.5. The van der Waals surface area contributed by atoms with Gasteiger partial charge in [-0.05, 0) is 32.9 Å². The summed E-state index contributed by atoms with van der Waals surface area (Å²) in [6, 6.07) is 4.77. The summed E-state index contributed by atoms with van der Waals surface area (Å²) in [5.41, 5.74) is 6.04. The second kappa shape index (κ2) is 6.98. The van der Waals surface area contributed by atoms with E-state index in [0.717, 1.165) is 0 Å². The van der Waals surface area contributed by atoms with E-state index in [-0.39, 0.29) is 12.0 Å². The van der Waals surface area contributed by atoms with Crippen LogP contribution in [0.1, 0.15) is 31.1 Å². The third kappa shape index (κ3) is 4.78. The number of hydrogen-bond acceptors (Lipinski definition) is 6. The summed E-state index contributed by atoms with van der Waals surface area (Å²) < 4.78 is 15.7. The molecule has 0 radical (unpaired) electrons. The minimum Gasteiger partial charge on any atom is -0.493 e. The molecule has 0 aliphatic carbocycles. The third-order valence-corrected chi connectivity index (χ3v) is 3.44. The lowest BCUT2D eigenvalue weighted by molar-refractivity contribution is -0.00783. The highest BCUT2D eigenvalue weighted by molar-refractivity contribution is 5.90. The fourth-order valence-electron chi connectivity index (χ4n) is 2.31. The first-order chi connectivity index (χ1) is 11.2. The first-order valence-electron chi connectivity index (χ1n) is 7.77. The van der Waals surface area contributed by atoms with Crippen molar-refractivity contribution in [2.75, 3.05) is 32.5 Å². The smallest absolute Gasteiger partial charge is 0.410 e. The average molecular weight is 336 g/mol. The second-order valence-electron chi connectivity index (χ2n) is 6.84. The molecule has 1 heterocycles. The van der Waals surface area contributed by atoms with Crippen molar-refractivity contribution in [3.8, 4) is 5.75 Å². The van der Waals surface area contributed by atoms with Crippen LogP contribution in [0.3, 0.4) is 0 Å². The van der Waals surface area contributed by atoms with E-state index in [1.54, 1.807) is 17.0 Å². The molecule has 0 unspecified atom stereocenters. The van der Waals surface area contributed by atoms with E-state index in [2.05, 4.69) is 4.74 Å². The number of methoxy groups -OCH3 is 1. The molecule has 1 amide bonds. The lowest BCUT2D eigenvalue weighted by Gasteiger charge is -2.39. The normalized spacial score (nSPS) is 14.8. The topological polar surface area (TPSA) is 91.1 Å². The van der Waals surface area contributed by atoms with Crippen LogP contribution in [0.5, 0.6) is 5.75 Å². The van der Waals surface area contributed by atoms with E-state index in [4.69, 9.17) is 15.2 Å². The van der Waals surface area contributed by atoms with Gasteiger partial charge in [-0.15, -0.1) is 0 Å². The third-order valence-electron chi connectivity index (χ3n) is 3.44. The average Bonchev–Trinajstić information content (AvgIpc) is 2.42. The Morgan fingerprint density at radius 3 is 2.50 bits per heavy atom. The van der Waals surface area contributed by atoms with Crippen LogP contribution in [0.2, 0.25) is 0 Å². The molecular formula is C17H24N2O5. The summed E-state index contributed by atoms with van der Waals surface area (Å²) in [7, 11) is 1.31. The van der Waals surface area contributed by atoms with Crippen LogP contribution in [0, 0.1) is 5.92 Å². The van der Waals surface area contributed by atoms with Gasteiger partial charge in [0.05, 0.1) is 19.3 Å². The number of rotatable bonds is 4. The van der Waals surface area contributed by atoms with Gasteiger partial charge in [-0.3, -0.25) is 0 Å². The van der Waals surface area contributed by atoms with E-state index in [9.17, 15) is 9.59 Å². The van der Waals surface area contributed by atoms with Gasteiger partial charge in [-0.25, -0.2) is 9.59 Å². The first-order valence-corrected chi connectivity index (χ1v) is 7.77. The molecule has 0 bridgehead atoms.